The highest BCUT2D eigenvalue weighted by Gasteiger charge is 2.18. The second-order valence-corrected chi connectivity index (χ2v) is 6.68. The quantitative estimate of drug-likeness (QED) is 0.670. The number of benzene rings is 2. The van der Waals surface area contributed by atoms with Crippen LogP contribution >= 0.6 is 22.9 Å². The van der Waals surface area contributed by atoms with Crippen molar-refractivity contribution in [3.05, 3.63) is 87.3 Å². The van der Waals surface area contributed by atoms with Gasteiger partial charge in [0.15, 0.2) is 6.61 Å². The Hall–Kier alpha value is -2.37. The fourth-order valence-electron chi connectivity index (χ4n) is 2.34. The Kier molecular flexibility index (Phi) is 5.68. The predicted octanol–water partition coefficient (Wildman–Crippen LogP) is 4.83. The molecule has 0 saturated carbocycles. The number of nitrogens with one attached hydrogen (secondary N) is 1. The van der Waals surface area contributed by atoms with E-state index in [1.807, 2.05) is 47.8 Å². The molecule has 0 radical (unpaired) electrons. The molecule has 128 valence electrons. The summed E-state index contributed by atoms with van der Waals surface area (Å²) >= 11 is 7.28. The molecule has 0 aliphatic heterocycles. The highest BCUT2D eigenvalue weighted by molar-refractivity contribution is 7.10. The van der Waals surface area contributed by atoms with Crippen LogP contribution < -0.4 is 10.1 Å². The molecule has 1 heterocycles. The van der Waals surface area contributed by atoms with Crippen LogP contribution in [0.15, 0.2) is 66.0 Å². The van der Waals surface area contributed by atoms with E-state index in [9.17, 15) is 9.18 Å². The van der Waals surface area contributed by atoms with Crippen LogP contribution in [0.5, 0.6) is 5.75 Å². The summed E-state index contributed by atoms with van der Waals surface area (Å²) in [6.07, 6.45) is 0. The van der Waals surface area contributed by atoms with Gasteiger partial charge in [0.1, 0.15) is 11.6 Å². The Morgan fingerprint density at radius 3 is 2.64 bits per heavy atom. The van der Waals surface area contributed by atoms with Gasteiger partial charge in [-0.3, -0.25) is 4.79 Å². The van der Waals surface area contributed by atoms with E-state index < -0.39 is 5.82 Å². The van der Waals surface area contributed by atoms with Gasteiger partial charge in [-0.1, -0.05) is 48.0 Å². The summed E-state index contributed by atoms with van der Waals surface area (Å²) in [6, 6.07) is 17.4. The second-order valence-electron chi connectivity index (χ2n) is 5.29. The molecule has 3 nitrogen and oxygen atoms in total. The molecular formula is C19H15ClFNO2S. The summed E-state index contributed by atoms with van der Waals surface area (Å²) in [5.41, 5.74) is 0.989. The van der Waals surface area contributed by atoms with Crippen molar-refractivity contribution in [2.75, 3.05) is 6.61 Å². The maximum atomic E-state index is 13.1. The largest absolute Gasteiger partial charge is 0.484 e. The van der Waals surface area contributed by atoms with Crippen LogP contribution in [0.25, 0.3) is 0 Å². The number of halogens is 2. The van der Waals surface area contributed by atoms with E-state index in [2.05, 4.69) is 5.32 Å². The number of rotatable bonds is 6. The molecule has 1 atom stereocenters. The van der Waals surface area contributed by atoms with E-state index in [1.165, 1.54) is 18.2 Å². The molecule has 0 aliphatic rings. The second kappa shape index (κ2) is 8.14. The SMILES string of the molecule is O=C(COc1ccc(F)c(Cl)c1)NC(c1ccccc1)c1cccs1. The molecule has 0 bridgehead atoms. The van der Waals surface area contributed by atoms with Crippen molar-refractivity contribution in [1.29, 1.82) is 0 Å². The first-order valence-electron chi connectivity index (χ1n) is 7.59. The maximum Gasteiger partial charge on any atom is 0.258 e. The van der Waals surface area contributed by atoms with Crippen molar-refractivity contribution in [2.24, 2.45) is 0 Å². The lowest BCUT2D eigenvalue weighted by molar-refractivity contribution is -0.123. The molecule has 1 N–H and O–H groups in total. The number of ether oxygens (including phenoxy) is 1. The van der Waals surface area contributed by atoms with E-state index in [0.29, 0.717) is 5.75 Å². The summed E-state index contributed by atoms with van der Waals surface area (Å²) in [5, 5.41) is 4.90. The molecule has 25 heavy (non-hydrogen) atoms. The molecule has 6 heteroatoms. The molecule has 0 aliphatic carbocycles. The minimum atomic E-state index is -0.527. The van der Waals surface area contributed by atoms with Crippen LogP contribution in [-0.2, 0) is 4.79 Å². The average Bonchev–Trinajstić information content (AvgIpc) is 3.16. The number of amides is 1. The average molecular weight is 376 g/mol. The first-order valence-corrected chi connectivity index (χ1v) is 8.85. The molecular weight excluding hydrogens is 361 g/mol. The van der Waals surface area contributed by atoms with Gasteiger partial charge in [0.2, 0.25) is 0 Å². The zero-order valence-corrected chi connectivity index (χ0v) is 14.7. The van der Waals surface area contributed by atoms with Crippen LogP contribution in [-0.4, -0.2) is 12.5 Å². The smallest absolute Gasteiger partial charge is 0.258 e. The lowest BCUT2D eigenvalue weighted by Gasteiger charge is -2.18. The van der Waals surface area contributed by atoms with Gasteiger partial charge >= 0.3 is 0 Å². The number of carbonyl (C=O) groups excluding carboxylic acids is 1. The molecule has 0 fully saturated rings. The highest BCUT2D eigenvalue weighted by atomic mass is 35.5. The Bertz CT molecular complexity index is 840. The molecule has 0 spiro atoms. The lowest BCUT2D eigenvalue weighted by Crippen LogP contribution is -2.32. The van der Waals surface area contributed by atoms with Gasteiger partial charge in [-0.05, 0) is 29.1 Å². The van der Waals surface area contributed by atoms with Gasteiger partial charge in [-0.15, -0.1) is 11.3 Å². The third-order valence-electron chi connectivity index (χ3n) is 3.53. The van der Waals surface area contributed by atoms with E-state index in [4.69, 9.17) is 16.3 Å². The van der Waals surface area contributed by atoms with E-state index in [1.54, 1.807) is 11.3 Å². The van der Waals surface area contributed by atoms with Gasteiger partial charge < -0.3 is 10.1 Å². The third-order valence-corrected chi connectivity index (χ3v) is 4.75. The van der Waals surface area contributed by atoms with Crippen molar-refractivity contribution in [3.8, 4) is 5.75 Å². The van der Waals surface area contributed by atoms with Gasteiger partial charge in [-0.2, -0.15) is 0 Å². The summed E-state index contributed by atoms with van der Waals surface area (Å²) in [4.78, 5) is 13.3. The first-order chi connectivity index (χ1) is 12.1. The molecule has 1 aromatic heterocycles. The maximum absolute atomic E-state index is 13.1. The van der Waals surface area contributed by atoms with Crippen LogP contribution in [0.1, 0.15) is 16.5 Å². The van der Waals surface area contributed by atoms with Crippen LogP contribution in [0.3, 0.4) is 0 Å². The van der Waals surface area contributed by atoms with Crippen molar-refractivity contribution in [2.45, 2.75) is 6.04 Å². The number of hydrogen-bond donors (Lipinski definition) is 1. The Labute approximate surface area is 154 Å². The Balaban J connectivity index is 1.67. The van der Waals surface area contributed by atoms with Gasteiger partial charge in [0, 0.05) is 10.9 Å². The van der Waals surface area contributed by atoms with Gasteiger partial charge in [-0.25, -0.2) is 4.39 Å². The summed E-state index contributed by atoms with van der Waals surface area (Å²) in [5.74, 6) is -0.461. The van der Waals surface area contributed by atoms with Crippen molar-refractivity contribution in [3.63, 3.8) is 0 Å². The monoisotopic (exact) mass is 375 g/mol. The lowest BCUT2D eigenvalue weighted by atomic mass is 10.1. The third kappa shape index (κ3) is 4.59. The van der Waals surface area contributed by atoms with Crippen LogP contribution in [0.2, 0.25) is 5.02 Å². The zero-order chi connectivity index (χ0) is 17.6. The normalized spacial score (nSPS) is 11.8. The van der Waals surface area contributed by atoms with Crippen molar-refractivity contribution >= 4 is 28.8 Å². The van der Waals surface area contributed by atoms with Crippen LogP contribution in [0, 0.1) is 5.82 Å². The topological polar surface area (TPSA) is 38.3 Å². The molecule has 2 aromatic carbocycles. The van der Waals surface area contributed by atoms with E-state index in [0.717, 1.165) is 10.4 Å². The standard InChI is InChI=1S/C19H15ClFNO2S/c20-15-11-14(8-9-16(15)21)24-12-18(23)22-19(17-7-4-10-25-17)13-5-2-1-3-6-13/h1-11,19H,12H2,(H,22,23). The van der Waals surface area contributed by atoms with Crippen molar-refractivity contribution in [1.82, 2.24) is 5.32 Å². The van der Waals surface area contributed by atoms with E-state index >= 15 is 0 Å². The zero-order valence-electron chi connectivity index (χ0n) is 13.1. The minimum Gasteiger partial charge on any atom is -0.484 e. The van der Waals surface area contributed by atoms with Gasteiger partial charge in [0.05, 0.1) is 11.1 Å². The first kappa shape index (κ1) is 17.5. The molecule has 0 saturated heterocycles. The number of carbonyl (C=O) groups is 1. The fourth-order valence-corrected chi connectivity index (χ4v) is 3.31. The predicted molar refractivity (Wildman–Crippen MR) is 97.7 cm³/mol. The van der Waals surface area contributed by atoms with Crippen LogP contribution in [0.4, 0.5) is 4.39 Å². The summed E-state index contributed by atoms with van der Waals surface area (Å²) < 4.78 is 18.5. The minimum absolute atomic E-state index is 0.0429. The molecule has 1 amide bonds. The van der Waals surface area contributed by atoms with Gasteiger partial charge in [0.25, 0.3) is 5.91 Å². The highest BCUT2D eigenvalue weighted by Crippen LogP contribution is 2.26. The van der Waals surface area contributed by atoms with E-state index in [-0.39, 0.29) is 23.6 Å². The number of hydrogen-bond acceptors (Lipinski definition) is 3. The number of thiophene rings is 1. The fraction of sp³-hybridized carbons (Fsp3) is 0.105. The Morgan fingerprint density at radius 2 is 1.96 bits per heavy atom. The summed E-state index contributed by atoms with van der Waals surface area (Å²) in [7, 11) is 0. The molecule has 1 unspecified atom stereocenters. The Morgan fingerprint density at radius 1 is 1.16 bits per heavy atom. The summed E-state index contributed by atoms with van der Waals surface area (Å²) in [6.45, 7) is -0.184. The molecule has 3 rings (SSSR count). The van der Waals surface area contributed by atoms with Crippen molar-refractivity contribution < 1.29 is 13.9 Å². The molecule has 3 aromatic rings.